The quantitative estimate of drug-likeness (QED) is 0.729. The van der Waals surface area contributed by atoms with Crippen LogP contribution in [0, 0.1) is 6.92 Å². The van der Waals surface area contributed by atoms with Crippen molar-refractivity contribution in [1.29, 1.82) is 0 Å². The Morgan fingerprint density at radius 1 is 1.17 bits per heavy atom. The van der Waals surface area contributed by atoms with Gasteiger partial charge in [-0.15, -0.1) is 0 Å². The number of benzene rings is 2. The summed E-state index contributed by atoms with van der Waals surface area (Å²) >= 11 is 9.28. The normalized spacial score (nSPS) is 10.1. The highest BCUT2D eigenvalue weighted by atomic mass is 79.9. The number of rotatable bonds is 6. The lowest BCUT2D eigenvalue weighted by molar-refractivity contribution is -0.149. The maximum atomic E-state index is 11.8. The van der Waals surface area contributed by atoms with Crippen molar-refractivity contribution in [3.63, 3.8) is 0 Å². The van der Waals surface area contributed by atoms with Crippen LogP contribution in [0.5, 0.6) is 5.75 Å². The highest BCUT2D eigenvalue weighted by Gasteiger charge is 2.09. The molecule has 0 unspecified atom stereocenters. The third kappa shape index (κ3) is 5.86. The summed E-state index contributed by atoms with van der Waals surface area (Å²) in [6, 6.07) is 12.2. The second-order valence-electron chi connectivity index (χ2n) is 4.92. The number of nitrogens with one attached hydrogen (secondary N) is 1. The van der Waals surface area contributed by atoms with Crippen LogP contribution in [0.2, 0.25) is 5.02 Å². The zero-order valence-electron chi connectivity index (χ0n) is 12.8. The first-order valence-electron chi connectivity index (χ1n) is 7.04. The summed E-state index contributed by atoms with van der Waals surface area (Å²) in [7, 11) is 0. The largest absolute Gasteiger partial charge is 0.482 e. The van der Waals surface area contributed by atoms with E-state index in [1.54, 1.807) is 36.4 Å². The first-order valence-corrected chi connectivity index (χ1v) is 8.21. The molecule has 0 spiro atoms. The average Bonchev–Trinajstić information content (AvgIpc) is 2.54. The second-order valence-corrected chi connectivity index (χ2v) is 6.24. The van der Waals surface area contributed by atoms with Gasteiger partial charge < -0.3 is 14.8 Å². The summed E-state index contributed by atoms with van der Waals surface area (Å²) in [5, 5.41) is 3.15. The SMILES string of the molecule is Cc1ccc(NC(=O)COC(=O)COc2cccc(Br)c2)cc1Cl. The molecule has 1 amide bonds. The molecule has 0 aromatic heterocycles. The van der Waals surface area contributed by atoms with Gasteiger partial charge in [0.15, 0.2) is 13.2 Å². The minimum atomic E-state index is -0.632. The van der Waals surface area contributed by atoms with Crippen LogP contribution in [0.4, 0.5) is 5.69 Å². The van der Waals surface area contributed by atoms with Crippen LogP contribution in [-0.4, -0.2) is 25.1 Å². The Balaban J connectivity index is 1.74. The zero-order valence-corrected chi connectivity index (χ0v) is 15.2. The van der Waals surface area contributed by atoms with E-state index >= 15 is 0 Å². The van der Waals surface area contributed by atoms with Gasteiger partial charge in [-0.25, -0.2) is 4.79 Å². The Hall–Kier alpha value is -2.05. The fourth-order valence-corrected chi connectivity index (χ4v) is 2.31. The van der Waals surface area contributed by atoms with Crippen molar-refractivity contribution in [3.05, 3.63) is 57.5 Å². The number of amides is 1. The van der Waals surface area contributed by atoms with Gasteiger partial charge in [-0.1, -0.05) is 39.7 Å². The Kier molecular flexibility index (Phi) is 6.63. The first kappa shape index (κ1) is 18.3. The Morgan fingerprint density at radius 3 is 2.67 bits per heavy atom. The molecule has 7 heteroatoms. The van der Waals surface area contributed by atoms with Crippen LogP contribution < -0.4 is 10.1 Å². The number of carbonyl (C=O) groups is 2. The minimum Gasteiger partial charge on any atom is -0.482 e. The summed E-state index contributed by atoms with van der Waals surface area (Å²) < 4.78 is 11.0. The summed E-state index contributed by atoms with van der Waals surface area (Å²) in [6.07, 6.45) is 0. The maximum absolute atomic E-state index is 11.8. The molecule has 0 bridgehead atoms. The van der Waals surface area contributed by atoms with Gasteiger partial charge in [-0.2, -0.15) is 0 Å². The van der Waals surface area contributed by atoms with Gasteiger partial charge in [-0.05, 0) is 42.8 Å². The van der Waals surface area contributed by atoms with Gasteiger partial charge in [0.05, 0.1) is 0 Å². The molecule has 5 nitrogen and oxygen atoms in total. The van der Waals surface area contributed by atoms with Crippen molar-refractivity contribution in [1.82, 2.24) is 0 Å². The highest BCUT2D eigenvalue weighted by molar-refractivity contribution is 9.10. The highest BCUT2D eigenvalue weighted by Crippen LogP contribution is 2.20. The molecule has 2 aromatic carbocycles. The molecule has 0 radical (unpaired) electrons. The van der Waals surface area contributed by atoms with Crippen molar-refractivity contribution < 1.29 is 19.1 Å². The van der Waals surface area contributed by atoms with Gasteiger partial charge in [-0.3, -0.25) is 4.79 Å². The van der Waals surface area contributed by atoms with E-state index in [0.29, 0.717) is 16.5 Å². The van der Waals surface area contributed by atoms with Crippen molar-refractivity contribution >= 4 is 45.1 Å². The number of anilines is 1. The Bertz CT molecular complexity index is 751. The molecule has 0 aliphatic rings. The lowest BCUT2D eigenvalue weighted by Crippen LogP contribution is -2.23. The Morgan fingerprint density at radius 2 is 1.96 bits per heavy atom. The van der Waals surface area contributed by atoms with Crippen molar-refractivity contribution in [2.75, 3.05) is 18.5 Å². The molecule has 0 fully saturated rings. The van der Waals surface area contributed by atoms with Crippen molar-refractivity contribution in [2.45, 2.75) is 6.92 Å². The molecule has 2 rings (SSSR count). The van der Waals surface area contributed by atoms with Gasteiger partial charge in [0, 0.05) is 15.2 Å². The molecule has 0 aliphatic heterocycles. The molecular formula is C17H15BrClNO4. The Labute approximate surface area is 153 Å². The van der Waals surface area contributed by atoms with Crippen molar-refractivity contribution in [2.24, 2.45) is 0 Å². The van der Waals surface area contributed by atoms with Crippen LogP contribution in [0.1, 0.15) is 5.56 Å². The topological polar surface area (TPSA) is 64.6 Å². The fourth-order valence-electron chi connectivity index (χ4n) is 1.75. The predicted molar refractivity (Wildman–Crippen MR) is 95.4 cm³/mol. The number of esters is 1. The molecule has 1 N–H and O–H groups in total. The minimum absolute atomic E-state index is 0.278. The van der Waals surface area contributed by atoms with Crippen molar-refractivity contribution in [3.8, 4) is 5.75 Å². The standard InChI is InChI=1S/C17H15BrClNO4/c1-11-5-6-13(8-15(11)19)20-16(21)9-24-17(22)10-23-14-4-2-3-12(18)7-14/h2-8H,9-10H2,1H3,(H,20,21). The summed E-state index contributed by atoms with van der Waals surface area (Å²) in [6.45, 7) is 1.19. The summed E-state index contributed by atoms with van der Waals surface area (Å²) in [5.41, 5.74) is 1.45. The van der Waals surface area contributed by atoms with E-state index in [1.165, 1.54) is 0 Å². The van der Waals surface area contributed by atoms with Crippen LogP contribution in [0.15, 0.2) is 46.9 Å². The van der Waals surface area contributed by atoms with E-state index in [2.05, 4.69) is 21.2 Å². The predicted octanol–water partition coefficient (Wildman–Crippen LogP) is 3.97. The van der Waals surface area contributed by atoms with Gasteiger partial charge in [0.25, 0.3) is 5.91 Å². The lowest BCUT2D eigenvalue weighted by atomic mass is 10.2. The fraction of sp³-hybridized carbons (Fsp3) is 0.176. The number of carbonyl (C=O) groups excluding carboxylic acids is 2. The van der Waals surface area contributed by atoms with E-state index in [1.807, 2.05) is 13.0 Å². The molecule has 0 atom stereocenters. The van der Waals surface area contributed by atoms with Crippen LogP contribution in [0.25, 0.3) is 0 Å². The smallest absolute Gasteiger partial charge is 0.344 e. The van der Waals surface area contributed by atoms with Gasteiger partial charge in [0.1, 0.15) is 5.75 Å². The molecule has 0 aliphatic carbocycles. The maximum Gasteiger partial charge on any atom is 0.344 e. The monoisotopic (exact) mass is 411 g/mol. The van der Waals surface area contributed by atoms with Crippen LogP contribution in [-0.2, 0) is 14.3 Å². The molecular weight excluding hydrogens is 398 g/mol. The number of hydrogen-bond acceptors (Lipinski definition) is 4. The summed E-state index contributed by atoms with van der Waals surface area (Å²) in [4.78, 5) is 23.4. The van der Waals surface area contributed by atoms with Gasteiger partial charge >= 0.3 is 5.97 Å². The second kappa shape index (κ2) is 8.70. The summed E-state index contributed by atoms with van der Waals surface area (Å²) in [5.74, 6) is -0.558. The molecule has 126 valence electrons. The lowest BCUT2D eigenvalue weighted by Gasteiger charge is -2.09. The van der Waals surface area contributed by atoms with E-state index < -0.39 is 18.5 Å². The number of hydrogen-bond donors (Lipinski definition) is 1. The van der Waals surface area contributed by atoms with E-state index in [0.717, 1.165) is 10.0 Å². The molecule has 0 saturated heterocycles. The van der Waals surface area contributed by atoms with Crippen LogP contribution in [0.3, 0.4) is 0 Å². The first-order chi connectivity index (χ1) is 11.4. The van der Waals surface area contributed by atoms with E-state index in [9.17, 15) is 9.59 Å². The molecule has 0 saturated carbocycles. The van der Waals surface area contributed by atoms with E-state index in [4.69, 9.17) is 21.1 Å². The molecule has 0 heterocycles. The zero-order chi connectivity index (χ0) is 17.5. The molecule has 24 heavy (non-hydrogen) atoms. The number of halogens is 2. The molecule has 2 aromatic rings. The third-order valence-corrected chi connectivity index (χ3v) is 3.87. The van der Waals surface area contributed by atoms with E-state index in [-0.39, 0.29) is 6.61 Å². The van der Waals surface area contributed by atoms with Gasteiger partial charge in [0.2, 0.25) is 0 Å². The number of ether oxygens (including phenoxy) is 2. The number of aryl methyl sites for hydroxylation is 1. The third-order valence-electron chi connectivity index (χ3n) is 2.97. The average molecular weight is 413 g/mol. The van der Waals surface area contributed by atoms with Crippen LogP contribution >= 0.6 is 27.5 Å².